The second-order valence-corrected chi connectivity index (χ2v) is 11.6. The van der Waals surface area contributed by atoms with Crippen LogP contribution in [0.5, 0.6) is 0 Å². The van der Waals surface area contributed by atoms with E-state index in [0.29, 0.717) is 6.42 Å². The summed E-state index contributed by atoms with van der Waals surface area (Å²) in [7, 11) is -2.25. The molecule has 0 aromatic heterocycles. The van der Waals surface area contributed by atoms with E-state index in [1.54, 1.807) is 30.3 Å². The summed E-state index contributed by atoms with van der Waals surface area (Å²) in [5.74, 6) is -0.984. The van der Waals surface area contributed by atoms with Crippen LogP contribution < -0.4 is 0 Å². The number of hydrogen-bond acceptors (Lipinski definition) is 4. The van der Waals surface area contributed by atoms with Gasteiger partial charge < -0.3 is 9.16 Å². The van der Waals surface area contributed by atoms with Crippen molar-refractivity contribution < 1.29 is 18.8 Å². The second-order valence-electron chi connectivity index (χ2n) is 6.91. The Morgan fingerprint density at radius 3 is 2.13 bits per heavy atom. The highest BCUT2D eigenvalue weighted by atomic mass is 28.4. The van der Waals surface area contributed by atoms with Gasteiger partial charge >= 0.3 is 11.9 Å². The minimum Gasteiger partial charge on any atom is -0.516 e. The number of esters is 1. The number of rotatable bonds is 6. The van der Waals surface area contributed by atoms with Gasteiger partial charge in [0.15, 0.2) is 0 Å². The van der Waals surface area contributed by atoms with E-state index < -0.39 is 20.3 Å². The lowest BCUT2D eigenvalue weighted by atomic mass is 10.1. The van der Waals surface area contributed by atoms with Crippen LogP contribution in [0, 0.1) is 0 Å². The van der Waals surface area contributed by atoms with Gasteiger partial charge in [0.2, 0.25) is 0 Å². The molecule has 0 atom stereocenters. The molecule has 23 heavy (non-hydrogen) atoms. The summed E-state index contributed by atoms with van der Waals surface area (Å²) in [6.45, 7) is 14.0. The minimum atomic E-state index is -2.25. The summed E-state index contributed by atoms with van der Waals surface area (Å²) in [6.07, 6.45) is 2.24. The first kappa shape index (κ1) is 19.2. The largest absolute Gasteiger partial charge is 0.516 e. The summed E-state index contributed by atoms with van der Waals surface area (Å²) in [6, 6.07) is 6.59. The van der Waals surface area contributed by atoms with Crippen molar-refractivity contribution in [1.29, 1.82) is 0 Å². The molecule has 0 heterocycles. The van der Waals surface area contributed by atoms with Crippen LogP contribution in [0.4, 0.5) is 0 Å². The van der Waals surface area contributed by atoms with Crippen LogP contribution in [0.15, 0.2) is 36.9 Å². The Balaban J connectivity index is 2.98. The number of carbonyl (C=O) groups excluding carboxylic acids is 2. The first-order valence-electron chi connectivity index (χ1n) is 7.70. The smallest absolute Gasteiger partial charge is 0.339 e. The Morgan fingerprint density at radius 1 is 1.13 bits per heavy atom. The average molecular weight is 334 g/mol. The summed E-state index contributed by atoms with van der Waals surface area (Å²) in [5.41, 5.74) is 0.487. The first-order chi connectivity index (χ1) is 10.6. The lowest BCUT2D eigenvalue weighted by Crippen LogP contribution is -2.42. The molecule has 0 saturated carbocycles. The molecule has 0 aliphatic carbocycles. The van der Waals surface area contributed by atoms with Gasteiger partial charge in [-0.2, -0.15) is 0 Å². The second kappa shape index (κ2) is 7.59. The van der Waals surface area contributed by atoms with E-state index in [0.717, 1.165) is 0 Å². The SMILES string of the molecule is C=CCCOC(=O)c1ccccc1C(=O)O[Si](C)(C)C(C)(C)C. The molecule has 4 nitrogen and oxygen atoms in total. The van der Waals surface area contributed by atoms with Crippen LogP contribution in [-0.2, 0) is 9.16 Å². The number of hydrogen-bond donors (Lipinski definition) is 0. The summed E-state index contributed by atoms with van der Waals surface area (Å²) < 4.78 is 10.9. The zero-order chi connectivity index (χ0) is 17.7. The topological polar surface area (TPSA) is 52.6 Å². The van der Waals surface area contributed by atoms with Crippen LogP contribution >= 0.6 is 0 Å². The Labute approximate surface area is 139 Å². The van der Waals surface area contributed by atoms with Gasteiger partial charge in [-0.3, -0.25) is 0 Å². The van der Waals surface area contributed by atoms with Crippen LogP contribution in [0.3, 0.4) is 0 Å². The van der Waals surface area contributed by atoms with E-state index in [9.17, 15) is 9.59 Å². The zero-order valence-corrected chi connectivity index (χ0v) is 15.6. The van der Waals surface area contributed by atoms with E-state index in [1.165, 1.54) is 0 Å². The zero-order valence-electron chi connectivity index (χ0n) is 14.6. The summed E-state index contributed by atoms with van der Waals surface area (Å²) >= 11 is 0. The maximum absolute atomic E-state index is 12.6. The third kappa shape index (κ3) is 5.06. The number of benzene rings is 1. The van der Waals surface area contributed by atoms with Crippen molar-refractivity contribution in [1.82, 2.24) is 0 Å². The van der Waals surface area contributed by atoms with E-state index in [4.69, 9.17) is 9.16 Å². The number of ether oxygens (including phenoxy) is 1. The predicted octanol–water partition coefficient (Wildman–Crippen LogP) is 4.58. The highest BCUT2D eigenvalue weighted by molar-refractivity contribution is 6.75. The van der Waals surface area contributed by atoms with Crippen molar-refractivity contribution in [2.24, 2.45) is 0 Å². The van der Waals surface area contributed by atoms with Crippen molar-refractivity contribution in [2.75, 3.05) is 6.61 Å². The van der Waals surface area contributed by atoms with Gasteiger partial charge in [0.1, 0.15) is 0 Å². The summed E-state index contributed by atoms with van der Waals surface area (Å²) in [4.78, 5) is 24.7. The van der Waals surface area contributed by atoms with E-state index in [2.05, 4.69) is 27.4 Å². The van der Waals surface area contributed by atoms with Crippen LogP contribution in [-0.4, -0.2) is 26.9 Å². The Kier molecular flexibility index (Phi) is 6.33. The van der Waals surface area contributed by atoms with Gasteiger partial charge in [0.05, 0.1) is 17.7 Å². The normalized spacial score (nSPS) is 11.7. The molecule has 0 N–H and O–H groups in total. The minimum absolute atomic E-state index is 0.0952. The van der Waals surface area contributed by atoms with Gasteiger partial charge in [-0.1, -0.05) is 39.0 Å². The van der Waals surface area contributed by atoms with Gasteiger partial charge in [-0.15, -0.1) is 6.58 Å². The van der Waals surface area contributed by atoms with Gasteiger partial charge in [0, 0.05) is 0 Å². The monoisotopic (exact) mass is 334 g/mol. The van der Waals surface area contributed by atoms with Crippen LogP contribution in [0.1, 0.15) is 47.9 Å². The molecule has 0 radical (unpaired) electrons. The number of carbonyl (C=O) groups is 2. The third-order valence-electron chi connectivity index (χ3n) is 4.08. The van der Waals surface area contributed by atoms with Crippen molar-refractivity contribution in [3.63, 3.8) is 0 Å². The van der Waals surface area contributed by atoms with Crippen LogP contribution in [0.25, 0.3) is 0 Å². The predicted molar refractivity (Wildman–Crippen MR) is 94.2 cm³/mol. The van der Waals surface area contributed by atoms with Crippen molar-refractivity contribution in [3.8, 4) is 0 Å². The molecule has 1 aromatic rings. The molecule has 0 unspecified atom stereocenters. The van der Waals surface area contributed by atoms with Gasteiger partial charge in [-0.05, 0) is 36.7 Å². The lowest BCUT2D eigenvalue weighted by Gasteiger charge is -2.35. The first-order valence-corrected chi connectivity index (χ1v) is 10.6. The Hall–Kier alpha value is -1.88. The highest BCUT2D eigenvalue weighted by Gasteiger charge is 2.41. The molecule has 0 spiro atoms. The Bertz CT molecular complexity index is 585. The molecule has 0 fully saturated rings. The highest BCUT2D eigenvalue weighted by Crippen LogP contribution is 2.37. The fraction of sp³-hybridized carbons (Fsp3) is 0.444. The quantitative estimate of drug-likeness (QED) is 0.331. The molecule has 0 bridgehead atoms. The fourth-order valence-electron chi connectivity index (χ4n) is 1.59. The van der Waals surface area contributed by atoms with Crippen LogP contribution in [0.2, 0.25) is 18.1 Å². The lowest BCUT2D eigenvalue weighted by molar-refractivity contribution is 0.0502. The van der Waals surface area contributed by atoms with Crippen molar-refractivity contribution >= 4 is 20.3 Å². The standard InChI is InChI=1S/C18H26O4Si/c1-7-8-13-21-16(19)14-11-9-10-12-15(14)17(20)22-23(5,6)18(2,3)4/h7,9-12H,1,8,13H2,2-6H3. The fourth-order valence-corrected chi connectivity index (χ4v) is 2.47. The molecule has 126 valence electrons. The van der Waals surface area contributed by atoms with Crippen molar-refractivity contribution in [2.45, 2.75) is 45.3 Å². The molecule has 5 heteroatoms. The van der Waals surface area contributed by atoms with Gasteiger partial charge in [-0.25, -0.2) is 9.59 Å². The van der Waals surface area contributed by atoms with E-state index in [-0.39, 0.29) is 22.8 Å². The van der Waals surface area contributed by atoms with Crippen molar-refractivity contribution in [3.05, 3.63) is 48.0 Å². The molecular formula is C18H26O4Si. The average Bonchev–Trinajstić information content (AvgIpc) is 2.45. The maximum Gasteiger partial charge on any atom is 0.339 e. The van der Waals surface area contributed by atoms with E-state index >= 15 is 0 Å². The molecule has 0 saturated heterocycles. The molecular weight excluding hydrogens is 308 g/mol. The summed E-state index contributed by atoms with van der Waals surface area (Å²) in [5, 5.41) is -0.0952. The Morgan fingerprint density at radius 2 is 1.65 bits per heavy atom. The molecule has 1 aromatic carbocycles. The van der Waals surface area contributed by atoms with E-state index in [1.807, 2.05) is 13.1 Å². The third-order valence-corrected chi connectivity index (χ3v) is 8.38. The molecule has 0 amide bonds. The molecule has 0 aliphatic rings. The molecule has 0 aliphatic heterocycles. The maximum atomic E-state index is 12.6. The molecule has 1 rings (SSSR count). The van der Waals surface area contributed by atoms with Gasteiger partial charge in [0.25, 0.3) is 8.32 Å².